The van der Waals surface area contributed by atoms with Gasteiger partial charge >= 0.3 is 0 Å². The molecular formula is C9H12N. The van der Waals surface area contributed by atoms with Crippen LogP contribution in [-0.4, -0.2) is 4.98 Å². The Hall–Kier alpha value is -0.850. The highest BCUT2D eigenvalue weighted by Gasteiger charge is 1.96. The largest absolute Gasteiger partial charge is 0.261 e. The molecule has 0 aliphatic rings. The third-order valence-corrected chi connectivity index (χ3v) is 1.50. The zero-order chi connectivity index (χ0) is 7.56. The Balaban J connectivity index is 2.89. The summed E-state index contributed by atoms with van der Waals surface area (Å²) >= 11 is 0. The van der Waals surface area contributed by atoms with E-state index in [4.69, 9.17) is 0 Å². The van der Waals surface area contributed by atoms with Gasteiger partial charge in [0.05, 0.1) is 0 Å². The minimum atomic E-state index is 0.341. The number of aryl methyl sites for hydroxylation is 1. The summed E-state index contributed by atoms with van der Waals surface area (Å²) in [5.41, 5.74) is 2.26. The molecule has 0 spiro atoms. The van der Waals surface area contributed by atoms with Crippen molar-refractivity contribution in [1.82, 2.24) is 4.98 Å². The van der Waals surface area contributed by atoms with Crippen LogP contribution in [0.2, 0.25) is 0 Å². The Labute approximate surface area is 62.1 Å². The number of aromatic nitrogens is 1. The highest BCUT2D eigenvalue weighted by Crippen LogP contribution is 2.11. The van der Waals surface area contributed by atoms with Crippen molar-refractivity contribution in [2.45, 2.75) is 19.8 Å². The maximum absolute atomic E-state index is 4.16. The lowest BCUT2D eigenvalue weighted by Gasteiger charge is -2.02. The van der Waals surface area contributed by atoms with Crippen molar-refractivity contribution in [1.29, 1.82) is 0 Å². The molecule has 0 fully saturated rings. The second-order valence-electron chi connectivity index (χ2n) is 2.63. The van der Waals surface area contributed by atoms with Gasteiger partial charge in [-0.15, -0.1) is 0 Å². The van der Waals surface area contributed by atoms with Gasteiger partial charge in [0, 0.05) is 11.9 Å². The Morgan fingerprint density at radius 2 is 2.20 bits per heavy atom. The zero-order valence-corrected chi connectivity index (χ0v) is 6.46. The third-order valence-electron chi connectivity index (χ3n) is 1.50. The Kier molecular flexibility index (Phi) is 2.05. The van der Waals surface area contributed by atoms with Crippen LogP contribution in [0, 0.1) is 13.8 Å². The molecule has 53 valence electrons. The van der Waals surface area contributed by atoms with Crippen LogP contribution >= 0.6 is 0 Å². The number of rotatable bonds is 1. The van der Waals surface area contributed by atoms with E-state index in [0.29, 0.717) is 5.92 Å². The molecule has 1 radical (unpaired) electrons. The summed E-state index contributed by atoms with van der Waals surface area (Å²) in [6, 6.07) is 4.08. The van der Waals surface area contributed by atoms with E-state index < -0.39 is 0 Å². The van der Waals surface area contributed by atoms with Crippen molar-refractivity contribution in [2.24, 2.45) is 0 Å². The quantitative estimate of drug-likeness (QED) is 0.574. The zero-order valence-electron chi connectivity index (χ0n) is 6.46. The molecule has 1 heteroatoms. The fraction of sp³-hybridized carbons (Fsp3) is 0.333. The van der Waals surface area contributed by atoms with Crippen LogP contribution in [0.1, 0.15) is 24.1 Å². The van der Waals surface area contributed by atoms with Crippen molar-refractivity contribution in [2.75, 3.05) is 0 Å². The van der Waals surface area contributed by atoms with Crippen LogP contribution in [0.25, 0.3) is 0 Å². The SMILES string of the molecule is [CH2]C(C)c1ccc(C)nc1. The summed E-state index contributed by atoms with van der Waals surface area (Å²) in [5.74, 6) is 0.341. The molecule has 1 heterocycles. The van der Waals surface area contributed by atoms with Gasteiger partial charge in [-0.1, -0.05) is 13.0 Å². The van der Waals surface area contributed by atoms with E-state index in [2.05, 4.69) is 24.9 Å². The fourth-order valence-electron chi connectivity index (χ4n) is 0.771. The molecule has 0 aliphatic carbocycles. The molecule has 1 atom stereocenters. The lowest BCUT2D eigenvalue weighted by Crippen LogP contribution is -1.89. The summed E-state index contributed by atoms with van der Waals surface area (Å²) in [5, 5.41) is 0. The van der Waals surface area contributed by atoms with Crippen LogP contribution in [0.4, 0.5) is 0 Å². The smallest absolute Gasteiger partial charge is 0.0372 e. The Morgan fingerprint density at radius 3 is 2.60 bits per heavy atom. The summed E-state index contributed by atoms with van der Waals surface area (Å²) in [6.07, 6.45) is 1.88. The third kappa shape index (κ3) is 1.56. The van der Waals surface area contributed by atoms with E-state index in [9.17, 15) is 0 Å². The monoisotopic (exact) mass is 134 g/mol. The average Bonchev–Trinajstić information content (AvgIpc) is 1.88. The van der Waals surface area contributed by atoms with Crippen molar-refractivity contribution in [3.63, 3.8) is 0 Å². The topological polar surface area (TPSA) is 12.9 Å². The highest BCUT2D eigenvalue weighted by molar-refractivity contribution is 5.17. The van der Waals surface area contributed by atoms with Crippen molar-refractivity contribution in [3.8, 4) is 0 Å². The average molecular weight is 134 g/mol. The lowest BCUT2D eigenvalue weighted by atomic mass is 10.1. The molecule has 1 aromatic heterocycles. The highest BCUT2D eigenvalue weighted by atomic mass is 14.7. The molecule has 1 nitrogen and oxygen atoms in total. The van der Waals surface area contributed by atoms with E-state index >= 15 is 0 Å². The summed E-state index contributed by atoms with van der Waals surface area (Å²) in [4.78, 5) is 4.16. The maximum Gasteiger partial charge on any atom is 0.0372 e. The molecule has 0 saturated heterocycles. The van der Waals surface area contributed by atoms with Gasteiger partial charge in [-0.25, -0.2) is 0 Å². The lowest BCUT2D eigenvalue weighted by molar-refractivity contribution is 0.944. The summed E-state index contributed by atoms with van der Waals surface area (Å²) in [6.45, 7) is 7.94. The molecular weight excluding hydrogens is 122 g/mol. The number of pyridine rings is 1. The van der Waals surface area contributed by atoms with Crippen molar-refractivity contribution >= 4 is 0 Å². The van der Waals surface area contributed by atoms with E-state index in [0.717, 1.165) is 5.69 Å². The first-order chi connectivity index (χ1) is 4.70. The van der Waals surface area contributed by atoms with Crippen molar-refractivity contribution < 1.29 is 0 Å². The van der Waals surface area contributed by atoms with E-state index in [1.165, 1.54) is 5.56 Å². The first-order valence-electron chi connectivity index (χ1n) is 3.46. The van der Waals surface area contributed by atoms with Gasteiger partial charge < -0.3 is 0 Å². The van der Waals surface area contributed by atoms with E-state index in [1.54, 1.807) is 0 Å². The molecule has 10 heavy (non-hydrogen) atoms. The molecule has 1 aromatic rings. The summed E-state index contributed by atoms with van der Waals surface area (Å²) < 4.78 is 0. The summed E-state index contributed by atoms with van der Waals surface area (Å²) in [7, 11) is 0. The van der Waals surface area contributed by atoms with Gasteiger partial charge in [0.1, 0.15) is 0 Å². The minimum Gasteiger partial charge on any atom is -0.261 e. The molecule has 0 N–H and O–H groups in total. The molecule has 0 saturated carbocycles. The predicted molar refractivity (Wildman–Crippen MR) is 42.7 cm³/mol. The normalized spacial score (nSPS) is 10.4. The van der Waals surface area contributed by atoms with Gasteiger partial charge in [-0.2, -0.15) is 0 Å². The van der Waals surface area contributed by atoms with Crippen LogP contribution in [0.5, 0.6) is 0 Å². The second kappa shape index (κ2) is 2.82. The first kappa shape index (κ1) is 7.26. The Morgan fingerprint density at radius 1 is 1.50 bits per heavy atom. The number of nitrogens with zero attached hydrogens (tertiary/aromatic N) is 1. The van der Waals surface area contributed by atoms with Crippen LogP contribution < -0.4 is 0 Å². The first-order valence-corrected chi connectivity index (χ1v) is 3.46. The molecule has 1 rings (SSSR count). The van der Waals surface area contributed by atoms with Crippen molar-refractivity contribution in [3.05, 3.63) is 36.5 Å². The van der Waals surface area contributed by atoms with Gasteiger partial charge in [0.2, 0.25) is 0 Å². The predicted octanol–water partition coefficient (Wildman–Crippen LogP) is 2.33. The maximum atomic E-state index is 4.16. The number of hydrogen-bond donors (Lipinski definition) is 0. The molecule has 0 aliphatic heterocycles. The van der Waals surface area contributed by atoms with Gasteiger partial charge in [0.25, 0.3) is 0 Å². The van der Waals surface area contributed by atoms with Gasteiger partial charge in [0.15, 0.2) is 0 Å². The molecule has 0 aromatic carbocycles. The molecule has 0 bridgehead atoms. The van der Waals surface area contributed by atoms with Gasteiger partial charge in [-0.3, -0.25) is 4.98 Å². The minimum absolute atomic E-state index is 0.341. The molecule has 0 amide bonds. The van der Waals surface area contributed by atoms with Crippen LogP contribution in [0.3, 0.4) is 0 Å². The second-order valence-corrected chi connectivity index (χ2v) is 2.63. The van der Waals surface area contributed by atoms with E-state index in [-0.39, 0.29) is 0 Å². The number of hydrogen-bond acceptors (Lipinski definition) is 1. The van der Waals surface area contributed by atoms with Crippen LogP contribution in [-0.2, 0) is 0 Å². The van der Waals surface area contributed by atoms with Gasteiger partial charge in [-0.05, 0) is 31.4 Å². The van der Waals surface area contributed by atoms with E-state index in [1.807, 2.05) is 19.2 Å². The molecule has 1 unspecified atom stereocenters. The van der Waals surface area contributed by atoms with Crippen LogP contribution in [0.15, 0.2) is 18.3 Å². The fourth-order valence-corrected chi connectivity index (χ4v) is 0.771. The Bertz CT molecular complexity index is 198. The standard InChI is InChI=1S/C9H12N/c1-7(2)9-5-4-8(3)10-6-9/h4-7H,1H2,2-3H3.